The summed E-state index contributed by atoms with van der Waals surface area (Å²) in [5, 5.41) is 5.86. The summed E-state index contributed by atoms with van der Waals surface area (Å²) in [5.74, 6) is 1.66. The van der Waals surface area contributed by atoms with Crippen LogP contribution in [0.2, 0.25) is 5.02 Å². The zero-order valence-electron chi connectivity index (χ0n) is 15.3. The van der Waals surface area contributed by atoms with Crippen molar-refractivity contribution in [1.29, 1.82) is 0 Å². The van der Waals surface area contributed by atoms with Crippen LogP contribution in [0.15, 0.2) is 47.0 Å². The Hall–Kier alpha value is -2.92. The van der Waals surface area contributed by atoms with E-state index in [1.54, 1.807) is 0 Å². The van der Waals surface area contributed by atoms with Crippen molar-refractivity contribution >= 4 is 22.5 Å². The van der Waals surface area contributed by atoms with Gasteiger partial charge in [-0.1, -0.05) is 35.0 Å². The zero-order valence-corrected chi connectivity index (χ0v) is 16.0. The minimum atomic E-state index is 0.190. The average Bonchev–Trinajstić information content (AvgIpc) is 3.12. The molecule has 2 aromatic carbocycles. The number of pyridine rings is 1. The van der Waals surface area contributed by atoms with Gasteiger partial charge < -0.3 is 9.26 Å². The molecule has 0 atom stereocenters. The second-order valence-corrected chi connectivity index (χ2v) is 6.88. The van der Waals surface area contributed by atoms with E-state index in [1.807, 2.05) is 63.2 Å². The Morgan fingerprint density at radius 1 is 1.00 bits per heavy atom. The fourth-order valence-corrected chi connectivity index (χ4v) is 3.16. The van der Waals surface area contributed by atoms with Crippen LogP contribution in [0.3, 0.4) is 0 Å². The van der Waals surface area contributed by atoms with Gasteiger partial charge in [0.25, 0.3) is 5.89 Å². The van der Waals surface area contributed by atoms with Crippen molar-refractivity contribution < 1.29 is 9.26 Å². The molecule has 0 aliphatic carbocycles. The fraction of sp³-hybridized carbons (Fsp3) is 0.190. The quantitative estimate of drug-likeness (QED) is 0.472. The highest BCUT2D eigenvalue weighted by Gasteiger charge is 2.14. The maximum atomic E-state index is 6.20. The molecule has 4 rings (SSSR count). The van der Waals surface area contributed by atoms with Gasteiger partial charge in [0.05, 0.1) is 5.52 Å². The number of nitrogens with zero attached hydrogens (tertiary/aromatic N) is 3. The second kappa shape index (κ2) is 7.00. The lowest BCUT2D eigenvalue weighted by atomic mass is 10.1. The molecule has 27 heavy (non-hydrogen) atoms. The van der Waals surface area contributed by atoms with Crippen LogP contribution in [-0.2, 0) is 6.61 Å². The molecule has 0 aliphatic rings. The highest BCUT2D eigenvalue weighted by atomic mass is 35.5. The number of halogens is 1. The van der Waals surface area contributed by atoms with Crippen molar-refractivity contribution in [2.45, 2.75) is 27.4 Å². The van der Waals surface area contributed by atoms with Crippen LogP contribution in [0.25, 0.3) is 22.3 Å². The molecule has 2 heterocycles. The van der Waals surface area contributed by atoms with E-state index in [2.05, 4.69) is 15.1 Å². The Morgan fingerprint density at radius 2 is 1.74 bits per heavy atom. The molecule has 0 saturated heterocycles. The summed E-state index contributed by atoms with van der Waals surface area (Å²) in [5.41, 5.74) is 4.64. The topological polar surface area (TPSA) is 61.0 Å². The third-order valence-electron chi connectivity index (χ3n) is 4.33. The van der Waals surface area contributed by atoms with Gasteiger partial charge in [0, 0.05) is 21.7 Å². The van der Waals surface area contributed by atoms with Gasteiger partial charge in [-0.15, -0.1) is 0 Å². The molecule has 0 amide bonds. The van der Waals surface area contributed by atoms with Gasteiger partial charge in [-0.2, -0.15) is 4.98 Å². The Bertz CT molecular complexity index is 1110. The largest absolute Gasteiger partial charge is 0.484 e. The lowest BCUT2D eigenvalue weighted by Gasteiger charge is -2.08. The Balaban J connectivity index is 1.60. The number of para-hydroxylation sites is 1. The second-order valence-electron chi connectivity index (χ2n) is 6.50. The van der Waals surface area contributed by atoms with Crippen molar-refractivity contribution in [1.82, 2.24) is 15.1 Å². The molecule has 6 heteroatoms. The Kier molecular flexibility index (Phi) is 4.54. The normalized spacial score (nSPS) is 11.1. The number of hydrogen-bond acceptors (Lipinski definition) is 5. The highest BCUT2D eigenvalue weighted by molar-refractivity contribution is 6.32. The molecular formula is C21H18ClN3O2. The summed E-state index contributed by atoms with van der Waals surface area (Å²) in [4.78, 5) is 9.04. The summed E-state index contributed by atoms with van der Waals surface area (Å²) in [7, 11) is 0. The summed E-state index contributed by atoms with van der Waals surface area (Å²) in [6.07, 6.45) is 0. The summed E-state index contributed by atoms with van der Waals surface area (Å²) < 4.78 is 11.2. The number of aryl methyl sites for hydroxylation is 3. The summed E-state index contributed by atoms with van der Waals surface area (Å²) in [6.45, 7) is 6.04. The van der Waals surface area contributed by atoms with Crippen molar-refractivity contribution in [3.8, 4) is 17.1 Å². The molecule has 0 unspecified atom stereocenters. The Labute approximate surface area is 162 Å². The van der Waals surface area contributed by atoms with E-state index in [-0.39, 0.29) is 6.61 Å². The van der Waals surface area contributed by atoms with Crippen LogP contribution in [0.4, 0.5) is 0 Å². The molecule has 4 aromatic rings. The van der Waals surface area contributed by atoms with Crippen LogP contribution in [0.5, 0.6) is 5.75 Å². The average molecular weight is 380 g/mol. The van der Waals surface area contributed by atoms with E-state index in [0.717, 1.165) is 44.1 Å². The standard InChI is InChI=1S/C21H18ClN3O2/c1-12-8-15(9-13(2)20(12)22)26-11-19-24-21(25-27-19)17-10-14(3)23-18-7-5-4-6-16(17)18/h4-10H,11H2,1-3H3. The van der Waals surface area contributed by atoms with Gasteiger partial charge in [-0.25, -0.2) is 0 Å². The highest BCUT2D eigenvalue weighted by Crippen LogP contribution is 2.28. The number of aromatic nitrogens is 3. The molecule has 0 N–H and O–H groups in total. The maximum Gasteiger partial charge on any atom is 0.264 e. The number of hydrogen-bond donors (Lipinski definition) is 0. The van der Waals surface area contributed by atoms with Gasteiger partial charge in [0.2, 0.25) is 5.82 Å². The monoisotopic (exact) mass is 379 g/mol. The van der Waals surface area contributed by atoms with Gasteiger partial charge >= 0.3 is 0 Å². The lowest BCUT2D eigenvalue weighted by molar-refractivity contribution is 0.242. The Morgan fingerprint density at radius 3 is 2.52 bits per heavy atom. The van der Waals surface area contributed by atoms with Crippen molar-refractivity contribution in [3.63, 3.8) is 0 Å². The van der Waals surface area contributed by atoms with E-state index in [4.69, 9.17) is 20.9 Å². The molecule has 136 valence electrons. The van der Waals surface area contributed by atoms with Crippen LogP contribution in [0, 0.1) is 20.8 Å². The molecule has 0 saturated carbocycles. The van der Waals surface area contributed by atoms with Crippen molar-refractivity contribution in [2.75, 3.05) is 0 Å². The number of rotatable bonds is 4. The van der Waals surface area contributed by atoms with Crippen LogP contribution < -0.4 is 4.74 Å². The van der Waals surface area contributed by atoms with Gasteiger partial charge in [0.15, 0.2) is 6.61 Å². The first-order valence-electron chi connectivity index (χ1n) is 8.60. The molecule has 0 radical (unpaired) electrons. The minimum Gasteiger partial charge on any atom is -0.484 e. The predicted molar refractivity (Wildman–Crippen MR) is 105 cm³/mol. The smallest absolute Gasteiger partial charge is 0.264 e. The van der Waals surface area contributed by atoms with Crippen molar-refractivity contribution in [3.05, 3.63) is 70.2 Å². The van der Waals surface area contributed by atoms with Crippen LogP contribution >= 0.6 is 11.6 Å². The summed E-state index contributed by atoms with van der Waals surface area (Å²) in [6, 6.07) is 13.7. The molecule has 2 aromatic heterocycles. The van der Waals surface area contributed by atoms with E-state index in [1.165, 1.54) is 0 Å². The molecule has 5 nitrogen and oxygen atoms in total. The first-order chi connectivity index (χ1) is 13.0. The van der Waals surface area contributed by atoms with Gasteiger partial charge in [-0.05, 0) is 56.2 Å². The first-order valence-corrected chi connectivity index (χ1v) is 8.98. The molecule has 0 fully saturated rings. The first kappa shape index (κ1) is 17.5. The zero-order chi connectivity index (χ0) is 19.0. The van der Waals surface area contributed by atoms with Crippen molar-refractivity contribution in [2.24, 2.45) is 0 Å². The SMILES string of the molecule is Cc1cc(-c2noc(COc3cc(C)c(Cl)c(C)c3)n2)c2ccccc2n1. The molecule has 0 aliphatic heterocycles. The van der Waals surface area contributed by atoms with E-state index < -0.39 is 0 Å². The molecule has 0 bridgehead atoms. The predicted octanol–water partition coefficient (Wildman–Crippen LogP) is 5.44. The van der Waals surface area contributed by atoms with Crippen LogP contribution in [-0.4, -0.2) is 15.1 Å². The number of fused-ring (bicyclic) bond motifs is 1. The minimum absolute atomic E-state index is 0.190. The molecule has 0 spiro atoms. The summed E-state index contributed by atoms with van der Waals surface area (Å²) >= 11 is 6.20. The maximum absolute atomic E-state index is 6.20. The van der Waals surface area contributed by atoms with E-state index in [9.17, 15) is 0 Å². The molecular weight excluding hydrogens is 362 g/mol. The van der Waals surface area contributed by atoms with Crippen LogP contribution in [0.1, 0.15) is 22.7 Å². The van der Waals surface area contributed by atoms with E-state index >= 15 is 0 Å². The number of benzene rings is 2. The van der Waals surface area contributed by atoms with Gasteiger partial charge in [0.1, 0.15) is 5.75 Å². The lowest BCUT2D eigenvalue weighted by Crippen LogP contribution is -1.97. The number of ether oxygens (including phenoxy) is 1. The van der Waals surface area contributed by atoms with E-state index in [0.29, 0.717) is 11.7 Å². The van der Waals surface area contributed by atoms with Gasteiger partial charge in [-0.3, -0.25) is 4.98 Å². The fourth-order valence-electron chi connectivity index (χ4n) is 3.05. The third-order valence-corrected chi connectivity index (χ3v) is 4.92. The third kappa shape index (κ3) is 3.51.